The second-order valence-corrected chi connectivity index (χ2v) is 19.8. The number of hydrogen-bond donors (Lipinski definition) is 0. The summed E-state index contributed by atoms with van der Waals surface area (Å²) >= 11 is 1.11. The van der Waals surface area contributed by atoms with Crippen molar-refractivity contribution < 1.29 is 34.8 Å². The molecule has 0 N–H and O–H groups in total. The van der Waals surface area contributed by atoms with Gasteiger partial charge in [-0.3, -0.25) is 0 Å². The molecule has 11 heteroatoms. The number of thiophene rings is 1. The van der Waals surface area contributed by atoms with Crippen LogP contribution in [0.5, 0.6) is 0 Å². The van der Waals surface area contributed by atoms with Crippen LogP contribution in [-0.2, 0) is 9.84 Å². The topological polar surface area (TPSA) is 34.1 Å². The summed E-state index contributed by atoms with van der Waals surface area (Å²) in [4.78, 5) is -0.479. The average molecular weight is 639 g/mol. The summed E-state index contributed by atoms with van der Waals surface area (Å²) in [5, 5.41) is 0. The van der Waals surface area contributed by atoms with Gasteiger partial charge in [0.15, 0.2) is 0 Å². The van der Waals surface area contributed by atoms with Gasteiger partial charge in [-0.05, 0) is 39.8 Å². The van der Waals surface area contributed by atoms with Gasteiger partial charge in [-0.15, -0.1) is 11.3 Å². The van der Waals surface area contributed by atoms with Crippen molar-refractivity contribution in [2.24, 2.45) is 0 Å². The largest absolute Gasteiger partial charge is 0.380 e. The smallest absolute Gasteiger partial charge is 0.219 e. The molecule has 222 valence electrons. The summed E-state index contributed by atoms with van der Waals surface area (Å²) in [6, 6.07) is 17.5. The summed E-state index contributed by atoms with van der Waals surface area (Å²) < 4.78 is 122. The molecule has 0 fully saturated rings. The standard InChI is InChI=1S/C31H28F6O2S2Si/c1-5-12-24-21(18-25(41(24,38)39)20-15-10-7-11-16-20)26-27(30(34,35)31(36,37)29(26,32)33)22-17-23(19-13-8-6-9-14-19)40-28(22)42(2,3)4/h6-11,13-18H,5,12H2,1-4H3. The fraction of sp³-hybridized carbons (Fsp3) is 0.290. The Kier molecular flexibility index (Phi) is 7.34. The van der Waals surface area contributed by atoms with Crippen LogP contribution < -0.4 is 4.50 Å². The van der Waals surface area contributed by atoms with E-state index >= 15 is 26.3 Å². The highest BCUT2D eigenvalue weighted by Gasteiger charge is 2.81. The molecule has 1 aliphatic heterocycles. The van der Waals surface area contributed by atoms with Crippen molar-refractivity contribution in [3.8, 4) is 10.4 Å². The van der Waals surface area contributed by atoms with Gasteiger partial charge in [0.05, 0.1) is 17.9 Å². The van der Waals surface area contributed by atoms with Crippen LogP contribution in [0.25, 0.3) is 20.9 Å². The van der Waals surface area contributed by atoms with Crippen LogP contribution in [0.15, 0.2) is 88.9 Å². The Morgan fingerprint density at radius 3 is 1.83 bits per heavy atom. The van der Waals surface area contributed by atoms with Gasteiger partial charge in [0.25, 0.3) is 0 Å². The van der Waals surface area contributed by atoms with Gasteiger partial charge in [-0.1, -0.05) is 93.6 Å². The molecular weight excluding hydrogens is 611 g/mol. The van der Waals surface area contributed by atoms with E-state index in [0.717, 1.165) is 17.4 Å². The van der Waals surface area contributed by atoms with Crippen molar-refractivity contribution in [3.05, 3.63) is 100.0 Å². The summed E-state index contributed by atoms with van der Waals surface area (Å²) in [7, 11) is -7.04. The molecule has 0 saturated carbocycles. The zero-order chi connectivity index (χ0) is 30.9. The summed E-state index contributed by atoms with van der Waals surface area (Å²) in [6.45, 7) is 7.04. The van der Waals surface area contributed by atoms with Crippen molar-refractivity contribution >= 4 is 44.2 Å². The Balaban J connectivity index is 1.92. The minimum Gasteiger partial charge on any atom is -0.219 e. The third kappa shape index (κ3) is 4.46. The number of alkyl halides is 6. The predicted molar refractivity (Wildman–Crippen MR) is 160 cm³/mol. The Morgan fingerprint density at radius 1 is 0.786 bits per heavy atom. The lowest BCUT2D eigenvalue weighted by molar-refractivity contribution is -0.259. The fourth-order valence-electron chi connectivity index (χ4n) is 5.43. The Morgan fingerprint density at radius 2 is 1.31 bits per heavy atom. The summed E-state index contributed by atoms with van der Waals surface area (Å²) in [6.07, 6.45) is 0.745. The molecule has 2 heterocycles. The van der Waals surface area contributed by atoms with Crippen LogP contribution in [0.4, 0.5) is 26.3 Å². The maximum absolute atomic E-state index is 15.9. The van der Waals surface area contributed by atoms with Crippen molar-refractivity contribution in [1.29, 1.82) is 0 Å². The first-order valence-electron chi connectivity index (χ1n) is 13.3. The zero-order valence-corrected chi connectivity index (χ0v) is 25.9. The Labute approximate surface area is 246 Å². The van der Waals surface area contributed by atoms with E-state index in [4.69, 9.17) is 0 Å². The Bertz CT molecular complexity index is 1750. The van der Waals surface area contributed by atoms with Gasteiger partial charge in [0.1, 0.15) is 0 Å². The number of halogens is 6. The van der Waals surface area contributed by atoms with Gasteiger partial charge in [-0.25, -0.2) is 8.42 Å². The van der Waals surface area contributed by atoms with E-state index in [1.54, 1.807) is 43.3 Å². The third-order valence-corrected chi connectivity index (χ3v) is 14.2. The normalized spacial score (nSPS) is 20.8. The number of allylic oxidation sites excluding steroid dienone is 5. The molecule has 2 aliphatic rings. The van der Waals surface area contributed by atoms with Crippen molar-refractivity contribution in [1.82, 2.24) is 0 Å². The van der Waals surface area contributed by atoms with Gasteiger partial charge >= 0.3 is 17.8 Å². The molecule has 0 radical (unpaired) electrons. The molecule has 5 rings (SSSR count). The van der Waals surface area contributed by atoms with Gasteiger partial charge < -0.3 is 0 Å². The maximum Gasteiger partial charge on any atom is 0.380 e. The minimum atomic E-state index is -5.80. The minimum absolute atomic E-state index is 0.146. The van der Waals surface area contributed by atoms with Crippen LogP contribution in [0.3, 0.4) is 0 Å². The summed E-state index contributed by atoms with van der Waals surface area (Å²) in [5.41, 5.74) is -3.51. The van der Waals surface area contributed by atoms with Crippen molar-refractivity contribution in [2.75, 3.05) is 0 Å². The first kappa shape index (κ1) is 30.6. The van der Waals surface area contributed by atoms with Gasteiger partial charge in [0, 0.05) is 21.6 Å². The van der Waals surface area contributed by atoms with Crippen LogP contribution >= 0.6 is 11.3 Å². The number of benzene rings is 2. The second kappa shape index (κ2) is 10.1. The number of hydrogen-bond acceptors (Lipinski definition) is 3. The van der Waals surface area contributed by atoms with E-state index in [0.29, 0.717) is 14.9 Å². The second-order valence-electron chi connectivity index (χ2n) is 11.4. The molecule has 0 spiro atoms. The molecule has 0 amide bonds. The van der Waals surface area contributed by atoms with Gasteiger partial charge in [-0.2, -0.15) is 26.3 Å². The quantitative estimate of drug-likeness (QED) is 0.191. The monoisotopic (exact) mass is 638 g/mol. The van der Waals surface area contributed by atoms with Crippen LogP contribution in [0.1, 0.15) is 30.9 Å². The van der Waals surface area contributed by atoms with Gasteiger partial charge in [0.2, 0.25) is 9.84 Å². The number of rotatable bonds is 7. The van der Waals surface area contributed by atoms with Crippen LogP contribution in [-0.4, -0.2) is 34.3 Å². The van der Waals surface area contributed by atoms with E-state index in [1.807, 2.05) is 19.6 Å². The SMILES string of the molecule is CCCC1=C(C2=C(c3cc(-c4ccccc4)sc3[Si](C)(C)C)C(F)(F)C(F)(F)C2(F)F)C=C(c2ccccc2)S1(=O)=O. The molecule has 2 aromatic carbocycles. The molecule has 42 heavy (non-hydrogen) atoms. The summed E-state index contributed by atoms with van der Waals surface area (Å²) in [5.74, 6) is -16.4. The lowest BCUT2D eigenvalue weighted by atomic mass is 9.94. The van der Waals surface area contributed by atoms with E-state index in [-0.39, 0.29) is 28.9 Å². The molecule has 0 unspecified atom stereocenters. The lowest BCUT2D eigenvalue weighted by Gasteiger charge is -2.26. The molecular formula is C31H28F6O2S2Si. The van der Waals surface area contributed by atoms with E-state index in [2.05, 4.69) is 0 Å². The van der Waals surface area contributed by atoms with E-state index in [9.17, 15) is 8.42 Å². The predicted octanol–water partition coefficient (Wildman–Crippen LogP) is 9.16. The Hall–Kier alpha value is -2.89. The third-order valence-electron chi connectivity index (χ3n) is 7.40. The van der Waals surface area contributed by atoms with Crippen molar-refractivity contribution in [3.63, 3.8) is 0 Å². The van der Waals surface area contributed by atoms with Crippen molar-refractivity contribution in [2.45, 2.75) is 57.2 Å². The van der Waals surface area contributed by atoms with Crippen LogP contribution in [0.2, 0.25) is 19.6 Å². The zero-order valence-electron chi connectivity index (χ0n) is 23.2. The molecule has 0 atom stereocenters. The first-order valence-corrected chi connectivity index (χ1v) is 19.1. The molecule has 3 aromatic rings. The van der Waals surface area contributed by atoms with Crippen LogP contribution in [0, 0.1) is 0 Å². The fourth-order valence-corrected chi connectivity index (χ4v) is 10.8. The lowest BCUT2D eigenvalue weighted by Crippen LogP contribution is -2.49. The highest BCUT2D eigenvalue weighted by atomic mass is 32.2. The molecule has 1 aromatic heterocycles. The van der Waals surface area contributed by atoms with E-state index in [1.165, 1.54) is 30.3 Å². The molecule has 0 bridgehead atoms. The highest BCUT2D eigenvalue weighted by Crippen LogP contribution is 2.65. The molecule has 2 nitrogen and oxygen atoms in total. The number of sulfone groups is 1. The maximum atomic E-state index is 15.9. The van der Waals surface area contributed by atoms with E-state index < -0.39 is 57.3 Å². The molecule has 1 aliphatic carbocycles. The average Bonchev–Trinajstić information content (AvgIpc) is 3.50. The molecule has 0 saturated heterocycles. The first-order chi connectivity index (χ1) is 19.5. The highest BCUT2D eigenvalue weighted by molar-refractivity contribution is 8.04.